The van der Waals surface area contributed by atoms with Crippen LogP contribution < -0.4 is 15.9 Å². The maximum absolute atomic E-state index is 13.2. The van der Waals surface area contributed by atoms with Gasteiger partial charge in [-0.1, -0.05) is 87.5 Å². The van der Waals surface area contributed by atoms with Gasteiger partial charge in [-0.15, -0.1) is 0 Å². The molecule has 0 aliphatic rings. The third kappa shape index (κ3) is 5.37. The minimum Gasteiger partial charge on any atom is -0.456 e. The molecule has 0 fully saturated rings. The second-order valence-electron chi connectivity index (χ2n) is 9.49. The van der Waals surface area contributed by atoms with E-state index in [2.05, 4.69) is 81.4 Å². The van der Waals surface area contributed by atoms with Crippen molar-refractivity contribution in [3.63, 3.8) is 0 Å². The van der Waals surface area contributed by atoms with Crippen LogP contribution in [0.4, 0.5) is 0 Å². The highest BCUT2D eigenvalue weighted by Crippen LogP contribution is 2.36. The van der Waals surface area contributed by atoms with Gasteiger partial charge in [-0.25, -0.2) is 4.79 Å². The molecule has 3 aromatic rings. The van der Waals surface area contributed by atoms with Gasteiger partial charge in [0, 0.05) is 0 Å². The molecule has 0 saturated heterocycles. The Morgan fingerprint density at radius 3 is 1.67 bits per heavy atom. The second kappa shape index (κ2) is 8.74. The van der Waals surface area contributed by atoms with Crippen LogP contribution in [-0.4, -0.2) is 11.6 Å². The summed E-state index contributed by atoms with van der Waals surface area (Å²) in [4.78, 5) is 13.2. The van der Waals surface area contributed by atoms with E-state index in [-0.39, 0.29) is 11.4 Å². The first-order valence-electron chi connectivity index (χ1n) is 10.3. The number of hydrogen-bond acceptors (Lipinski definition) is 2. The number of benzene rings is 3. The summed E-state index contributed by atoms with van der Waals surface area (Å²) in [6.07, 6.45) is 0. The molecule has 156 valence electrons. The van der Waals surface area contributed by atoms with Gasteiger partial charge < -0.3 is 4.74 Å². The van der Waals surface area contributed by atoms with Gasteiger partial charge in [-0.2, -0.15) is 0 Å². The lowest BCUT2D eigenvalue weighted by Gasteiger charge is -2.27. The third-order valence-corrected chi connectivity index (χ3v) is 7.23. The first kappa shape index (κ1) is 22.2. The summed E-state index contributed by atoms with van der Waals surface area (Å²) in [6, 6.07) is 27.2. The smallest absolute Gasteiger partial charge is 0.339 e. The van der Waals surface area contributed by atoms with Gasteiger partial charge in [-0.05, 0) is 67.7 Å². The van der Waals surface area contributed by atoms with Gasteiger partial charge in [0.05, 0.1) is 5.56 Å². The van der Waals surface area contributed by atoms with Gasteiger partial charge in [0.25, 0.3) is 0 Å². The Kier molecular flexibility index (Phi) is 6.48. The summed E-state index contributed by atoms with van der Waals surface area (Å²) < 4.78 is 5.78. The number of carbonyl (C=O) groups excluding carboxylic acids is 1. The van der Waals surface area contributed by atoms with Crippen LogP contribution in [0.1, 0.15) is 57.5 Å². The minimum absolute atomic E-state index is 0.0183. The van der Waals surface area contributed by atoms with Crippen LogP contribution in [-0.2, 0) is 10.2 Å². The molecule has 0 radical (unpaired) electrons. The number of rotatable bonds is 4. The molecule has 30 heavy (non-hydrogen) atoms. The fourth-order valence-corrected chi connectivity index (χ4v) is 5.74. The van der Waals surface area contributed by atoms with E-state index in [0.29, 0.717) is 5.56 Å². The monoisotopic (exact) mass is 418 g/mol. The van der Waals surface area contributed by atoms with Gasteiger partial charge in [0.1, 0.15) is 5.60 Å². The highest BCUT2D eigenvalue weighted by Gasteiger charge is 2.27. The lowest BCUT2D eigenvalue weighted by molar-refractivity contribution is 0.00711. The van der Waals surface area contributed by atoms with E-state index in [1.54, 1.807) is 0 Å². The summed E-state index contributed by atoms with van der Waals surface area (Å²) in [7, 11) is -0.905. The molecule has 0 atom stereocenters. The second-order valence-corrected chi connectivity index (χ2v) is 11.7. The van der Waals surface area contributed by atoms with Crippen LogP contribution in [0.5, 0.6) is 0 Å². The Hall–Kier alpha value is -2.44. The molecular formula is C27H31O2P. The molecule has 0 unspecified atom stereocenters. The van der Waals surface area contributed by atoms with E-state index in [9.17, 15) is 4.79 Å². The predicted molar refractivity (Wildman–Crippen MR) is 129 cm³/mol. The van der Waals surface area contributed by atoms with Crippen LogP contribution in [0.3, 0.4) is 0 Å². The van der Waals surface area contributed by atoms with Gasteiger partial charge in [0.15, 0.2) is 0 Å². The molecule has 0 spiro atoms. The SMILES string of the molecule is CC(C)(C)OC(=O)c1ccc(C(C)(C)C)cc1P(c1ccccc1)c1ccccc1. The van der Waals surface area contributed by atoms with Gasteiger partial charge in [-0.3, -0.25) is 0 Å². The van der Waals surface area contributed by atoms with Crippen molar-refractivity contribution >= 4 is 29.8 Å². The molecular weight excluding hydrogens is 387 g/mol. The average molecular weight is 419 g/mol. The zero-order valence-corrected chi connectivity index (χ0v) is 19.7. The van der Waals surface area contributed by atoms with Crippen LogP contribution in [0.25, 0.3) is 0 Å². The van der Waals surface area contributed by atoms with Gasteiger partial charge in [0.2, 0.25) is 0 Å². The normalized spacial score (nSPS) is 12.1. The molecule has 3 aromatic carbocycles. The molecule has 0 aliphatic heterocycles. The van der Waals surface area contributed by atoms with Crippen LogP contribution in [0.2, 0.25) is 0 Å². The zero-order chi connectivity index (χ0) is 21.9. The van der Waals surface area contributed by atoms with Crippen LogP contribution in [0, 0.1) is 0 Å². The Morgan fingerprint density at radius 1 is 0.733 bits per heavy atom. The van der Waals surface area contributed by atoms with E-state index in [1.165, 1.54) is 16.2 Å². The van der Waals surface area contributed by atoms with Crippen molar-refractivity contribution in [1.82, 2.24) is 0 Å². The lowest BCUT2D eigenvalue weighted by atomic mass is 9.86. The fraction of sp³-hybridized carbons (Fsp3) is 0.296. The van der Waals surface area contributed by atoms with E-state index < -0.39 is 13.5 Å². The minimum atomic E-state index is -0.905. The van der Waals surface area contributed by atoms with Crippen molar-refractivity contribution in [1.29, 1.82) is 0 Å². The highest BCUT2D eigenvalue weighted by atomic mass is 31.1. The molecule has 0 bridgehead atoms. The molecule has 2 nitrogen and oxygen atoms in total. The summed E-state index contributed by atoms with van der Waals surface area (Å²) in [6.45, 7) is 12.3. The van der Waals surface area contributed by atoms with Crippen molar-refractivity contribution in [3.05, 3.63) is 90.0 Å². The largest absolute Gasteiger partial charge is 0.456 e. The Bertz CT molecular complexity index is 957. The molecule has 0 N–H and O–H groups in total. The summed E-state index contributed by atoms with van der Waals surface area (Å²) >= 11 is 0. The molecule has 3 rings (SSSR count). The van der Waals surface area contributed by atoms with Gasteiger partial charge >= 0.3 is 5.97 Å². The average Bonchev–Trinajstić information content (AvgIpc) is 2.68. The van der Waals surface area contributed by atoms with Crippen molar-refractivity contribution in [2.24, 2.45) is 0 Å². The number of hydrogen-bond donors (Lipinski definition) is 0. The van der Waals surface area contributed by atoms with E-state index in [0.717, 1.165) is 5.30 Å². The summed E-state index contributed by atoms with van der Waals surface area (Å²) in [5.41, 5.74) is 1.30. The van der Waals surface area contributed by atoms with Crippen molar-refractivity contribution in [3.8, 4) is 0 Å². The van der Waals surface area contributed by atoms with Crippen LogP contribution in [0.15, 0.2) is 78.9 Å². The van der Waals surface area contributed by atoms with Crippen molar-refractivity contribution in [2.75, 3.05) is 0 Å². The predicted octanol–water partition coefficient (Wildman–Crippen LogP) is 5.70. The first-order chi connectivity index (χ1) is 14.1. The zero-order valence-electron chi connectivity index (χ0n) is 18.8. The topological polar surface area (TPSA) is 26.3 Å². The van der Waals surface area contributed by atoms with E-state index >= 15 is 0 Å². The molecule has 3 heteroatoms. The van der Waals surface area contributed by atoms with E-state index in [1.807, 2.05) is 39.0 Å². The van der Waals surface area contributed by atoms with E-state index in [4.69, 9.17) is 4.74 Å². The molecule has 0 amide bonds. The number of ether oxygens (including phenoxy) is 1. The molecule has 0 aromatic heterocycles. The summed E-state index contributed by atoms with van der Waals surface area (Å²) in [5, 5.41) is 3.48. The van der Waals surface area contributed by atoms with Crippen molar-refractivity contribution < 1.29 is 9.53 Å². The van der Waals surface area contributed by atoms with Crippen molar-refractivity contribution in [2.45, 2.75) is 52.6 Å². The molecule has 0 heterocycles. The van der Waals surface area contributed by atoms with Crippen LogP contribution >= 0.6 is 7.92 Å². The fourth-order valence-electron chi connectivity index (χ4n) is 3.27. The highest BCUT2D eigenvalue weighted by molar-refractivity contribution is 7.80. The number of esters is 1. The molecule has 0 saturated carbocycles. The summed E-state index contributed by atoms with van der Waals surface area (Å²) in [5.74, 6) is -0.266. The quantitative estimate of drug-likeness (QED) is 0.401. The Labute approximate surface area is 182 Å². The maximum Gasteiger partial charge on any atom is 0.339 e. The Balaban J connectivity index is 2.26. The number of carbonyl (C=O) groups is 1. The Morgan fingerprint density at radius 2 is 1.23 bits per heavy atom. The standard InChI is InChI=1S/C27H31O2P/c1-26(2,3)20-17-18-23(25(28)29-27(4,5)6)24(19-20)30(21-13-9-7-10-14-21)22-15-11-8-12-16-22/h7-19H,1-6H3. The lowest BCUT2D eigenvalue weighted by Crippen LogP contribution is -2.31. The molecule has 0 aliphatic carbocycles. The maximum atomic E-state index is 13.2. The third-order valence-electron chi connectivity index (χ3n) is 4.75. The first-order valence-corrected chi connectivity index (χ1v) is 11.7.